The number of aryl methyl sites for hydroxylation is 1. The minimum Gasteiger partial charge on any atom is -0.478 e. The lowest BCUT2D eigenvalue weighted by molar-refractivity contribution is -0.131. The largest absolute Gasteiger partial charge is 0.478 e. The third kappa shape index (κ3) is 4.50. The van der Waals surface area contributed by atoms with E-state index >= 15 is 0 Å². The highest BCUT2D eigenvalue weighted by Gasteiger charge is 2.07. The number of carboxylic acids is 1. The SMILES string of the molecule is CCOCOc1c(C)cc(Br)cc1/C=C/C(=O)O. The van der Waals surface area contributed by atoms with Crippen molar-refractivity contribution in [2.75, 3.05) is 13.4 Å². The van der Waals surface area contributed by atoms with Gasteiger partial charge in [0.1, 0.15) is 5.75 Å². The van der Waals surface area contributed by atoms with Crippen molar-refractivity contribution in [1.82, 2.24) is 0 Å². The summed E-state index contributed by atoms with van der Waals surface area (Å²) in [6, 6.07) is 3.70. The lowest BCUT2D eigenvalue weighted by atomic mass is 10.1. The first kappa shape index (κ1) is 14.7. The molecule has 4 nitrogen and oxygen atoms in total. The average molecular weight is 315 g/mol. The number of ether oxygens (including phenoxy) is 2. The van der Waals surface area contributed by atoms with E-state index in [1.807, 2.05) is 19.9 Å². The molecule has 0 unspecified atom stereocenters. The summed E-state index contributed by atoms with van der Waals surface area (Å²) < 4.78 is 11.5. The van der Waals surface area contributed by atoms with Crippen molar-refractivity contribution in [2.24, 2.45) is 0 Å². The first-order valence-electron chi connectivity index (χ1n) is 5.46. The molecule has 0 saturated carbocycles. The van der Waals surface area contributed by atoms with E-state index in [1.165, 1.54) is 6.08 Å². The monoisotopic (exact) mass is 314 g/mol. The number of hydrogen-bond donors (Lipinski definition) is 1. The number of benzene rings is 1. The maximum atomic E-state index is 10.6. The third-order valence-corrected chi connectivity index (χ3v) is 2.62. The number of hydrogen-bond acceptors (Lipinski definition) is 3. The van der Waals surface area contributed by atoms with Gasteiger partial charge in [0.25, 0.3) is 0 Å². The van der Waals surface area contributed by atoms with Gasteiger partial charge in [0.15, 0.2) is 6.79 Å². The van der Waals surface area contributed by atoms with Crippen LogP contribution in [0.15, 0.2) is 22.7 Å². The fourth-order valence-electron chi connectivity index (χ4n) is 1.42. The second-order valence-electron chi connectivity index (χ2n) is 3.57. The highest BCUT2D eigenvalue weighted by Crippen LogP contribution is 2.29. The minimum atomic E-state index is -0.997. The first-order chi connectivity index (χ1) is 8.54. The van der Waals surface area contributed by atoms with Crippen LogP contribution in [0.4, 0.5) is 0 Å². The Hall–Kier alpha value is -1.33. The Morgan fingerprint density at radius 2 is 2.22 bits per heavy atom. The van der Waals surface area contributed by atoms with Gasteiger partial charge in [-0.25, -0.2) is 4.79 Å². The Morgan fingerprint density at radius 1 is 1.50 bits per heavy atom. The van der Waals surface area contributed by atoms with Crippen molar-refractivity contribution in [3.05, 3.63) is 33.8 Å². The Balaban J connectivity index is 3.00. The van der Waals surface area contributed by atoms with Crippen molar-refractivity contribution >= 4 is 28.0 Å². The summed E-state index contributed by atoms with van der Waals surface area (Å²) in [5, 5.41) is 8.65. The highest BCUT2D eigenvalue weighted by atomic mass is 79.9. The standard InChI is InChI=1S/C13H15BrO4/c1-3-17-8-18-13-9(2)6-11(14)7-10(13)4-5-12(15)16/h4-7H,3,8H2,1-2H3,(H,15,16)/b5-4+. The van der Waals surface area contributed by atoms with Crippen LogP contribution in [0.25, 0.3) is 6.08 Å². The van der Waals surface area contributed by atoms with Gasteiger partial charge in [0.2, 0.25) is 0 Å². The molecule has 0 aliphatic rings. The summed E-state index contributed by atoms with van der Waals surface area (Å²) >= 11 is 3.37. The van der Waals surface area contributed by atoms with Crippen LogP contribution >= 0.6 is 15.9 Å². The molecule has 0 aromatic heterocycles. The van der Waals surface area contributed by atoms with E-state index in [9.17, 15) is 4.79 Å². The van der Waals surface area contributed by atoms with Crippen LogP contribution in [0.2, 0.25) is 0 Å². The van der Waals surface area contributed by atoms with E-state index in [1.54, 1.807) is 6.07 Å². The van der Waals surface area contributed by atoms with Gasteiger partial charge in [-0.2, -0.15) is 0 Å². The Labute approximate surface area is 114 Å². The highest BCUT2D eigenvalue weighted by molar-refractivity contribution is 9.10. The van der Waals surface area contributed by atoms with Gasteiger partial charge in [-0.15, -0.1) is 0 Å². The average Bonchev–Trinajstić information content (AvgIpc) is 2.29. The lowest BCUT2D eigenvalue weighted by Gasteiger charge is -2.12. The summed E-state index contributed by atoms with van der Waals surface area (Å²) in [7, 11) is 0. The van der Waals surface area contributed by atoms with Crippen molar-refractivity contribution in [1.29, 1.82) is 0 Å². The molecule has 0 saturated heterocycles. The number of carbonyl (C=O) groups is 1. The molecule has 1 rings (SSSR count). The molecule has 1 aromatic carbocycles. The van der Waals surface area contributed by atoms with Crippen LogP contribution in [-0.4, -0.2) is 24.5 Å². The van der Waals surface area contributed by atoms with E-state index in [0.717, 1.165) is 16.1 Å². The molecule has 0 spiro atoms. The van der Waals surface area contributed by atoms with Gasteiger partial charge in [-0.1, -0.05) is 15.9 Å². The summed E-state index contributed by atoms with van der Waals surface area (Å²) in [5.41, 5.74) is 1.61. The molecule has 1 aromatic rings. The number of carboxylic acid groups (broad SMARTS) is 1. The smallest absolute Gasteiger partial charge is 0.328 e. The van der Waals surface area contributed by atoms with Crippen molar-refractivity contribution in [3.63, 3.8) is 0 Å². The van der Waals surface area contributed by atoms with Gasteiger partial charge >= 0.3 is 5.97 Å². The molecule has 18 heavy (non-hydrogen) atoms. The quantitative estimate of drug-likeness (QED) is 0.497. The topological polar surface area (TPSA) is 55.8 Å². The maximum Gasteiger partial charge on any atom is 0.328 e. The Bertz CT molecular complexity index is 455. The fraction of sp³-hybridized carbons (Fsp3) is 0.308. The lowest BCUT2D eigenvalue weighted by Crippen LogP contribution is -2.04. The van der Waals surface area contributed by atoms with Crippen LogP contribution in [0, 0.1) is 6.92 Å². The predicted molar refractivity (Wildman–Crippen MR) is 72.7 cm³/mol. The van der Waals surface area contributed by atoms with E-state index in [0.29, 0.717) is 17.9 Å². The number of aliphatic carboxylic acids is 1. The molecule has 0 aliphatic carbocycles. The zero-order valence-corrected chi connectivity index (χ0v) is 11.9. The predicted octanol–water partition coefficient (Wildman–Crippen LogP) is 3.23. The van der Waals surface area contributed by atoms with Crippen molar-refractivity contribution in [3.8, 4) is 5.75 Å². The molecule has 5 heteroatoms. The molecule has 0 heterocycles. The van der Waals surface area contributed by atoms with E-state index < -0.39 is 5.97 Å². The Kier molecular flexibility index (Phi) is 5.88. The Morgan fingerprint density at radius 3 is 2.83 bits per heavy atom. The van der Waals surface area contributed by atoms with E-state index in [-0.39, 0.29) is 6.79 Å². The molecule has 0 amide bonds. The van der Waals surface area contributed by atoms with Crippen LogP contribution in [0.1, 0.15) is 18.1 Å². The van der Waals surface area contributed by atoms with Crippen molar-refractivity contribution < 1.29 is 19.4 Å². The van der Waals surface area contributed by atoms with Crippen LogP contribution < -0.4 is 4.74 Å². The molecule has 0 radical (unpaired) electrons. The zero-order valence-electron chi connectivity index (χ0n) is 10.3. The summed E-state index contributed by atoms with van der Waals surface area (Å²) in [4.78, 5) is 10.6. The van der Waals surface area contributed by atoms with Crippen LogP contribution in [0.3, 0.4) is 0 Å². The normalized spacial score (nSPS) is 10.8. The summed E-state index contributed by atoms with van der Waals surface area (Å²) in [6.07, 6.45) is 2.58. The van der Waals surface area contributed by atoms with Gasteiger partial charge in [0, 0.05) is 22.7 Å². The third-order valence-electron chi connectivity index (χ3n) is 2.16. The molecule has 0 bridgehead atoms. The summed E-state index contributed by atoms with van der Waals surface area (Å²) in [6.45, 7) is 4.48. The van der Waals surface area contributed by atoms with Gasteiger partial charge < -0.3 is 14.6 Å². The number of rotatable bonds is 6. The van der Waals surface area contributed by atoms with Crippen LogP contribution in [0.5, 0.6) is 5.75 Å². The van der Waals surface area contributed by atoms with E-state index in [2.05, 4.69) is 15.9 Å². The molecule has 98 valence electrons. The second kappa shape index (κ2) is 7.18. The second-order valence-corrected chi connectivity index (χ2v) is 4.48. The molecule has 0 atom stereocenters. The van der Waals surface area contributed by atoms with Gasteiger partial charge in [-0.05, 0) is 37.6 Å². The zero-order chi connectivity index (χ0) is 13.5. The fourth-order valence-corrected chi connectivity index (χ4v) is 2.01. The summed E-state index contributed by atoms with van der Waals surface area (Å²) in [5.74, 6) is -0.368. The molecular formula is C13H15BrO4. The molecule has 0 fully saturated rings. The van der Waals surface area contributed by atoms with Crippen LogP contribution in [-0.2, 0) is 9.53 Å². The number of halogens is 1. The van der Waals surface area contributed by atoms with Gasteiger partial charge in [-0.3, -0.25) is 0 Å². The molecule has 0 aliphatic heterocycles. The van der Waals surface area contributed by atoms with E-state index in [4.69, 9.17) is 14.6 Å². The maximum absolute atomic E-state index is 10.6. The van der Waals surface area contributed by atoms with Gasteiger partial charge in [0.05, 0.1) is 0 Å². The minimum absolute atomic E-state index is 0.146. The molecular weight excluding hydrogens is 300 g/mol. The first-order valence-corrected chi connectivity index (χ1v) is 6.25. The molecule has 1 N–H and O–H groups in total. The van der Waals surface area contributed by atoms with Crippen molar-refractivity contribution in [2.45, 2.75) is 13.8 Å².